The fourth-order valence-corrected chi connectivity index (χ4v) is 3.02. The van der Waals surface area contributed by atoms with Crippen molar-refractivity contribution in [3.05, 3.63) is 52.8 Å². The lowest BCUT2D eigenvalue weighted by Gasteiger charge is -2.29. The third-order valence-corrected chi connectivity index (χ3v) is 4.30. The van der Waals surface area contributed by atoms with E-state index in [1.807, 2.05) is 0 Å². The van der Waals surface area contributed by atoms with E-state index < -0.39 is 53.9 Å². The first-order valence-corrected chi connectivity index (χ1v) is 7.37. The average molecular weight is 385 g/mol. The van der Waals surface area contributed by atoms with Crippen molar-refractivity contribution in [2.24, 2.45) is 0 Å². The van der Waals surface area contributed by atoms with Gasteiger partial charge < -0.3 is 9.67 Å². The maximum absolute atomic E-state index is 13.7. The summed E-state index contributed by atoms with van der Waals surface area (Å²) in [6.07, 6.45) is -13.1. The Labute approximate surface area is 141 Å². The molecule has 1 aromatic heterocycles. The molecule has 0 saturated heterocycles. The zero-order chi connectivity index (χ0) is 19.5. The molecular formula is C16H11F8NO. The molecule has 0 aliphatic heterocycles. The van der Waals surface area contributed by atoms with Gasteiger partial charge in [0.05, 0.1) is 11.1 Å². The smallest absolute Gasteiger partial charge is 0.382 e. The molecule has 3 rings (SSSR count). The molecule has 142 valence electrons. The van der Waals surface area contributed by atoms with E-state index in [1.54, 1.807) is 0 Å². The summed E-state index contributed by atoms with van der Waals surface area (Å²) in [5.41, 5.74) is -3.62. The molecule has 0 fully saturated rings. The zero-order valence-corrected chi connectivity index (χ0v) is 12.8. The van der Waals surface area contributed by atoms with Crippen LogP contribution in [0.3, 0.4) is 0 Å². The van der Waals surface area contributed by atoms with E-state index in [1.165, 1.54) is 0 Å². The van der Waals surface area contributed by atoms with Gasteiger partial charge in [0.15, 0.2) is 0 Å². The summed E-state index contributed by atoms with van der Waals surface area (Å²) >= 11 is 0. The number of hydrogen-bond donors (Lipinski definition) is 1. The van der Waals surface area contributed by atoms with E-state index in [2.05, 4.69) is 0 Å². The minimum Gasteiger partial charge on any atom is -0.382 e. The van der Waals surface area contributed by atoms with Crippen molar-refractivity contribution in [2.75, 3.05) is 0 Å². The lowest BCUT2D eigenvalue weighted by molar-refractivity contribution is -0.147. The first-order valence-electron chi connectivity index (χ1n) is 7.37. The van der Waals surface area contributed by atoms with Crippen LogP contribution < -0.4 is 0 Å². The fourth-order valence-electron chi connectivity index (χ4n) is 3.02. The summed E-state index contributed by atoms with van der Waals surface area (Å²) in [6.45, 7) is 0. The molecule has 0 saturated carbocycles. The summed E-state index contributed by atoms with van der Waals surface area (Å²) in [7, 11) is 0. The molecule has 0 radical (unpaired) electrons. The molecule has 1 atom stereocenters. The van der Waals surface area contributed by atoms with Gasteiger partial charge in [-0.05, 0) is 30.7 Å². The van der Waals surface area contributed by atoms with Crippen LogP contribution in [0.4, 0.5) is 35.1 Å². The first kappa shape index (κ1) is 18.7. The van der Waals surface area contributed by atoms with Crippen LogP contribution >= 0.6 is 0 Å². The zero-order valence-electron chi connectivity index (χ0n) is 12.8. The fraction of sp³-hybridized carbons (Fsp3) is 0.375. The quantitative estimate of drug-likeness (QED) is 0.677. The molecule has 2 aromatic rings. The normalized spacial score (nSPS) is 20.1. The number of aromatic nitrogens is 1. The molecule has 1 heterocycles. The number of aliphatic hydroxyl groups is 1. The van der Waals surface area contributed by atoms with Crippen LogP contribution in [0, 0.1) is 0 Å². The van der Waals surface area contributed by atoms with Crippen molar-refractivity contribution in [3.63, 3.8) is 0 Å². The second-order valence-corrected chi connectivity index (χ2v) is 5.98. The Morgan fingerprint density at radius 2 is 1.54 bits per heavy atom. The molecule has 0 spiro atoms. The van der Waals surface area contributed by atoms with Gasteiger partial charge in [-0.25, -0.2) is 8.78 Å². The maximum Gasteiger partial charge on any atom is 0.418 e. The molecule has 0 amide bonds. The topological polar surface area (TPSA) is 25.2 Å². The Morgan fingerprint density at radius 1 is 0.962 bits per heavy atom. The molecule has 26 heavy (non-hydrogen) atoms. The number of rotatable bonds is 1. The summed E-state index contributed by atoms with van der Waals surface area (Å²) < 4.78 is 106. The van der Waals surface area contributed by atoms with Crippen LogP contribution in [-0.4, -0.2) is 15.6 Å². The van der Waals surface area contributed by atoms with E-state index >= 15 is 0 Å². The van der Waals surface area contributed by atoms with Crippen molar-refractivity contribution in [2.45, 2.75) is 37.2 Å². The second kappa shape index (κ2) is 5.70. The lowest BCUT2D eigenvalue weighted by Crippen LogP contribution is -2.33. The van der Waals surface area contributed by atoms with Gasteiger partial charge in [0.2, 0.25) is 0 Å². The highest BCUT2D eigenvalue weighted by Crippen LogP contribution is 2.48. The Hall–Kier alpha value is -2.10. The van der Waals surface area contributed by atoms with Crippen LogP contribution in [0.1, 0.15) is 34.9 Å². The monoisotopic (exact) mass is 385 g/mol. The van der Waals surface area contributed by atoms with Crippen molar-refractivity contribution in [1.29, 1.82) is 0 Å². The summed E-state index contributed by atoms with van der Waals surface area (Å²) in [4.78, 5) is 0. The first-order chi connectivity index (χ1) is 11.8. The van der Waals surface area contributed by atoms with E-state index in [-0.39, 0.29) is 11.4 Å². The highest BCUT2D eigenvalue weighted by atomic mass is 19.4. The Kier molecular flexibility index (Phi) is 4.10. The standard InChI is InChI=1S/C16H11F8NO/c17-14(18)6-5-11-12(13(14)26)10(16(22,23)24)7-25(11)9-3-1-8(2-4-9)15(19,20)21/h1-4,7,13,26H,5-6H2. The molecule has 1 aliphatic rings. The van der Waals surface area contributed by atoms with Crippen molar-refractivity contribution >= 4 is 0 Å². The van der Waals surface area contributed by atoms with Gasteiger partial charge >= 0.3 is 12.4 Å². The van der Waals surface area contributed by atoms with Crippen LogP contribution in [0.25, 0.3) is 5.69 Å². The van der Waals surface area contributed by atoms with Gasteiger partial charge in [0.1, 0.15) is 6.10 Å². The number of nitrogens with zero attached hydrogens (tertiary/aromatic N) is 1. The van der Waals surface area contributed by atoms with Crippen molar-refractivity contribution in [3.8, 4) is 5.69 Å². The van der Waals surface area contributed by atoms with Crippen LogP contribution in [-0.2, 0) is 18.8 Å². The average Bonchev–Trinajstić information content (AvgIpc) is 2.90. The molecule has 1 unspecified atom stereocenters. The number of alkyl halides is 8. The predicted molar refractivity (Wildman–Crippen MR) is 74.0 cm³/mol. The minimum absolute atomic E-state index is 0.0535. The molecule has 0 bridgehead atoms. The Morgan fingerprint density at radius 3 is 2.04 bits per heavy atom. The number of aliphatic hydroxyl groups excluding tert-OH is 1. The molecule has 1 aromatic carbocycles. The number of halogens is 8. The predicted octanol–water partition coefficient (Wildman–Crippen LogP) is 5.13. The van der Waals surface area contributed by atoms with E-state index in [0.717, 1.165) is 16.7 Å². The lowest BCUT2D eigenvalue weighted by atomic mass is 9.89. The van der Waals surface area contributed by atoms with Crippen LogP contribution in [0.5, 0.6) is 0 Å². The van der Waals surface area contributed by atoms with Gasteiger partial charge in [0.25, 0.3) is 5.92 Å². The summed E-state index contributed by atoms with van der Waals surface area (Å²) in [5, 5.41) is 9.73. The summed E-state index contributed by atoms with van der Waals surface area (Å²) in [5.74, 6) is -3.72. The molecule has 1 N–H and O–H groups in total. The number of benzene rings is 1. The Bertz CT molecular complexity index is 817. The third-order valence-electron chi connectivity index (χ3n) is 4.30. The van der Waals surface area contributed by atoms with Gasteiger partial charge in [-0.2, -0.15) is 26.3 Å². The second-order valence-electron chi connectivity index (χ2n) is 5.98. The van der Waals surface area contributed by atoms with Crippen molar-refractivity contribution in [1.82, 2.24) is 4.57 Å². The number of hydrogen-bond acceptors (Lipinski definition) is 1. The van der Waals surface area contributed by atoms with Gasteiger partial charge in [-0.3, -0.25) is 0 Å². The molecule has 1 aliphatic carbocycles. The molecule has 2 nitrogen and oxygen atoms in total. The highest BCUT2D eigenvalue weighted by Gasteiger charge is 2.50. The molecule has 10 heteroatoms. The van der Waals surface area contributed by atoms with E-state index in [9.17, 15) is 40.2 Å². The van der Waals surface area contributed by atoms with E-state index in [4.69, 9.17) is 0 Å². The SMILES string of the molecule is OC1c2c(C(F)(F)F)cn(-c3ccc(C(F)(F)F)cc3)c2CCC1(F)F. The summed E-state index contributed by atoms with van der Waals surface area (Å²) in [6, 6.07) is 3.26. The van der Waals surface area contributed by atoms with Gasteiger partial charge in [-0.1, -0.05) is 0 Å². The van der Waals surface area contributed by atoms with Gasteiger partial charge in [-0.15, -0.1) is 0 Å². The van der Waals surface area contributed by atoms with E-state index in [0.29, 0.717) is 18.3 Å². The maximum atomic E-state index is 13.7. The molecular weight excluding hydrogens is 374 g/mol. The third kappa shape index (κ3) is 3.06. The van der Waals surface area contributed by atoms with Crippen molar-refractivity contribution < 1.29 is 40.2 Å². The minimum atomic E-state index is -5.00. The van der Waals surface area contributed by atoms with Crippen LogP contribution in [0.15, 0.2) is 30.5 Å². The van der Waals surface area contributed by atoms with Gasteiger partial charge in [0, 0.05) is 29.6 Å². The number of fused-ring (bicyclic) bond motifs is 1. The Balaban J connectivity index is 2.16. The van der Waals surface area contributed by atoms with Crippen LogP contribution in [0.2, 0.25) is 0 Å². The largest absolute Gasteiger partial charge is 0.418 e. The highest BCUT2D eigenvalue weighted by molar-refractivity contribution is 5.47.